The van der Waals surface area contributed by atoms with Crippen LogP contribution in [-0.4, -0.2) is 25.1 Å². The number of anilines is 1. The van der Waals surface area contributed by atoms with Crippen molar-refractivity contribution in [3.05, 3.63) is 64.2 Å². The molecular weight excluding hydrogens is 327 g/mol. The summed E-state index contributed by atoms with van der Waals surface area (Å²) < 4.78 is 24.5. The van der Waals surface area contributed by atoms with E-state index in [1.54, 1.807) is 24.3 Å². The van der Waals surface area contributed by atoms with Crippen molar-refractivity contribution in [2.75, 3.05) is 19.5 Å². The van der Waals surface area contributed by atoms with Gasteiger partial charge in [-0.15, -0.1) is 0 Å². The van der Waals surface area contributed by atoms with E-state index in [9.17, 15) is 14.0 Å². The maximum atomic E-state index is 14.2. The van der Waals surface area contributed by atoms with E-state index < -0.39 is 17.3 Å². The number of carbonyl (C=O) groups excluding carboxylic acids is 1. The summed E-state index contributed by atoms with van der Waals surface area (Å²) in [5.74, 6) is -0.202. The van der Waals surface area contributed by atoms with Crippen molar-refractivity contribution in [2.24, 2.45) is 0 Å². The molecule has 0 radical (unpaired) electrons. The number of benzene rings is 2. The highest BCUT2D eigenvalue weighted by Gasteiger charge is 2.15. The first-order chi connectivity index (χ1) is 12.0. The largest absolute Gasteiger partial charge is 0.497 e. The van der Waals surface area contributed by atoms with Gasteiger partial charge in [0.05, 0.1) is 25.3 Å². The van der Waals surface area contributed by atoms with E-state index in [1.807, 2.05) is 0 Å². The second-order valence-electron chi connectivity index (χ2n) is 5.27. The zero-order valence-corrected chi connectivity index (χ0v) is 13.6. The molecule has 128 valence electrons. The van der Waals surface area contributed by atoms with Crippen LogP contribution in [0.5, 0.6) is 11.5 Å². The zero-order valence-electron chi connectivity index (χ0n) is 13.6. The Bertz CT molecular complexity index is 1010. The monoisotopic (exact) mass is 342 g/mol. The van der Waals surface area contributed by atoms with Crippen LogP contribution in [0, 0.1) is 5.82 Å². The number of rotatable bonds is 4. The van der Waals surface area contributed by atoms with Gasteiger partial charge in [0.15, 0.2) is 0 Å². The van der Waals surface area contributed by atoms with Crippen LogP contribution in [-0.2, 0) is 0 Å². The highest BCUT2D eigenvalue weighted by atomic mass is 19.1. The molecule has 3 aromatic rings. The van der Waals surface area contributed by atoms with Gasteiger partial charge in [-0.05, 0) is 30.3 Å². The van der Waals surface area contributed by atoms with Crippen LogP contribution in [0.15, 0.2) is 47.3 Å². The maximum absolute atomic E-state index is 14.2. The Kier molecular flexibility index (Phi) is 4.38. The molecule has 7 heteroatoms. The molecule has 0 aliphatic rings. The molecule has 0 bridgehead atoms. The molecule has 0 aliphatic heterocycles. The van der Waals surface area contributed by atoms with Crippen LogP contribution in [0.2, 0.25) is 0 Å². The van der Waals surface area contributed by atoms with Gasteiger partial charge in [0.2, 0.25) is 5.56 Å². The van der Waals surface area contributed by atoms with Gasteiger partial charge < -0.3 is 19.8 Å². The Hall–Kier alpha value is -3.35. The Labute approximate surface area is 142 Å². The smallest absolute Gasteiger partial charge is 0.259 e. The van der Waals surface area contributed by atoms with E-state index in [4.69, 9.17) is 9.47 Å². The van der Waals surface area contributed by atoms with Crippen molar-refractivity contribution in [2.45, 2.75) is 0 Å². The first-order valence-corrected chi connectivity index (χ1v) is 7.38. The van der Waals surface area contributed by atoms with Gasteiger partial charge >= 0.3 is 0 Å². The van der Waals surface area contributed by atoms with E-state index in [0.717, 1.165) is 6.07 Å². The Morgan fingerprint density at radius 3 is 2.60 bits per heavy atom. The molecule has 0 aliphatic carbocycles. The van der Waals surface area contributed by atoms with Crippen molar-refractivity contribution in [3.8, 4) is 11.5 Å². The summed E-state index contributed by atoms with van der Waals surface area (Å²) in [6.45, 7) is 0. The van der Waals surface area contributed by atoms with Crippen LogP contribution in [0.4, 0.5) is 10.1 Å². The topological polar surface area (TPSA) is 80.4 Å². The Morgan fingerprint density at radius 2 is 1.88 bits per heavy atom. The molecule has 3 rings (SSSR count). The first kappa shape index (κ1) is 16.5. The van der Waals surface area contributed by atoms with Crippen LogP contribution < -0.4 is 20.3 Å². The third-order valence-electron chi connectivity index (χ3n) is 3.69. The second-order valence-corrected chi connectivity index (χ2v) is 5.27. The molecule has 1 aromatic heterocycles. The number of amides is 1. The number of halogens is 1. The summed E-state index contributed by atoms with van der Waals surface area (Å²) in [6, 6.07) is 10.3. The number of hydrogen-bond donors (Lipinski definition) is 2. The van der Waals surface area contributed by atoms with Crippen molar-refractivity contribution < 1.29 is 18.7 Å². The number of aromatic amines is 1. The first-order valence-electron chi connectivity index (χ1n) is 7.38. The molecule has 2 N–H and O–H groups in total. The van der Waals surface area contributed by atoms with Crippen LogP contribution in [0.25, 0.3) is 10.9 Å². The lowest BCUT2D eigenvalue weighted by Crippen LogP contribution is -2.14. The molecule has 0 spiro atoms. The molecule has 2 aromatic carbocycles. The summed E-state index contributed by atoms with van der Waals surface area (Å²) in [4.78, 5) is 26.2. The molecule has 0 saturated carbocycles. The van der Waals surface area contributed by atoms with Gasteiger partial charge in [-0.2, -0.15) is 0 Å². The molecule has 25 heavy (non-hydrogen) atoms. The molecule has 0 unspecified atom stereocenters. The van der Waals surface area contributed by atoms with Gasteiger partial charge in [-0.25, -0.2) is 4.39 Å². The number of nitrogens with one attached hydrogen (secondary N) is 2. The van der Waals surface area contributed by atoms with Crippen LogP contribution in [0.3, 0.4) is 0 Å². The molecule has 1 heterocycles. The highest BCUT2D eigenvalue weighted by Crippen LogP contribution is 2.26. The fraction of sp³-hybridized carbons (Fsp3) is 0.111. The van der Waals surface area contributed by atoms with Crippen molar-refractivity contribution in [1.82, 2.24) is 4.98 Å². The van der Waals surface area contributed by atoms with E-state index in [0.29, 0.717) is 16.9 Å². The average Bonchev–Trinajstić information content (AvgIpc) is 2.61. The van der Waals surface area contributed by atoms with Gasteiger partial charge in [0.1, 0.15) is 17.3 Å². The average molecular weight is 342 g/mol. The third-order valence-corrected chi connectivity index (χ3v) is 3.69. The lowest BCUT2D eigenvalue weighted by Gasteiger charge is -2.11. The SMILES string of the molecule is COc1ccc(C(=O)Nc2cc(F)c3[nH]c(=O)ccc3c2)c(OC)c1. The molecule has 0 saturated heterocycles. The summed E-state index contributed by atoms with van der Waals surface area (Å²) >= 11 is 0. The Morgan fingerprint density at radius 1 is 1.08 bits per heavy atom. The number of methoxy groups -OCH3 is 2. The molecule has 1 amide bonds. The lowest BCUT2D eigenvalue weighted by atomic mass is 10.1. The van der Waals surface area contributed by atoms with Crippen molar-refractivity contribution >= 4 is 22.5 Å². The van der Waals surface area contributed by atoms with Crippen molar-refractivity contribution in [3.63, 3.8) is 0 Å². The fourth-order valence-electron chi connectivity index (χ4n) is 2.48. The minimum absolute atomic E-state index is 0.0903. The predicted molar refractivity (Wildman–Crippen MR) is 92.0 cm³/mol. The third kappa shape index (κ3) is 3.30. The van der Waals surface area contributed by atoms with E-state index >= 15 is 0 Å². The van der Waals surface area contributed by atoms with Gasteiger partial charge in [0.25, 0.3) is 5.91 Å². The van der Waals surface area contributed by atoms with E-state index in [-0.39, 0.29) is 16.8 Å². The number of hydrogen-bond acceptors (Lipinski definition) is 4. The maximum Gasteiger partial charge on any atom is 0.259 e. The van der Waals surface area contributed by atoms with Crippen LogP contribution >= 0.6 is 0 Å². The van der Waals surface area contributed by atoms with Gasteiger partial charge in [-0.3, -0.25) is 9.59 Å². The van der Waals surface area contributed by atoms with Gasteiger partial charge in [0, 0.05) is 23.2 Å². The summed E-state index contributed by atoms with van der Waals surface area (Å²) in [5, 5.41) is 3.10. The number of carbonyl (C=O) groups is 1. The number of ether oxygens (including phenoxy) is 2. The van der Waals surface area contributed by atoms with E-state index in [1.165, 1.54) is 26.4 Å². The molecule has 0 fully saturated rings. The minimum atomic E-state index is -0.632. The predicted octanol–water partition coefficient (Wildman–Crippen LogP) is 2.94. The second kappa shape index (κ2) is 6.64. The van der Waals surface area contributed by atoms with Gasteiger partial charge in [-0.1, -0.05) is 0 Å². The highest BCUT2D eigenvalue weighted by molar-refractivity contribution is 6.07. The van der Waals surface area contributed by atoms with Crippen molar-refractivity contribution in [1.29, 1.82) is 0 Å². The lowest BCUT2D eigenvalue weighted by molar-refractivity contribution is 0.102. The minimum Gasteiger partial charge on any atom is -0.497 e. The summed E-state index contributed by atoms with van der Waals surface area (Å²) in [6.07, 6.45) is 0. The summed E-state index contributed by atoms with van der Waals surface area (Å²) in [7, 11) is 2.95. The number of aromatic nitrogens is 1. The van der Waals surface area contributed by atoms with Crippen LogP contribution in [0.1, 0.15) is 10.4 Å². The zero-order chi connectivity index (χ0) is 18.0. The number of H-pyrrole nitrogens is 1. The van der Waals surface area contributed by atoms with E-state index in [2.05, 4.69) is 10.3 Å². The standard InChI is InChI=1S/C18H15FN2O4/c1-24-12-4-5-13(15(9-12)25-2)18(23)20-11-7-10-3-6-16(22)21-17(10)14(19)8-11/h3-9H,1-2H3,(H,20,23)(H,21,22). The Balaban J connectivity index is 1.94. The number of pyridine rings is 1. The normalized spacial score (nSPS) is 10.5. The quantitative estimate of drug-likeness (QED) is 0.764. The molecule has 0 atom stereocenters. The molecule has 6 nitrogen and oxygen atoms in total. The fourth-order valence-corrected chi connectivity index (χ4v) is 2.48. The number of fused-ring (bicyclic) bond motifs is 1. The molecular formula is C18H15FN2O4. The summed E-state index contributed by atoms with van der Waals surface area (Å²) in [5.41, 5.74) is 0.240.